The number of aliphatic hydroxyl groups is 3. The summed E-state index contributed by atoms with van der Waals surface area (Å²) in [6.07, 6.45) is 6.83. The van der Waals surface area contributed by atoms with E-state index in [0.717, 1.165) is 44.1 Å². The maximum atomic E-state index is 12.4. The van der Waals surface area contributed by atoms with Gasteiger partial charge in [-0.05, 0) is 93.0 Å². The molecule has 2 heterocycles. The van der Waals surface area contributed by atoms with Crippen molar-refractivity contribution in [2.24, 2.45) is 34.5 Å². The van der Waals surface area contributed by atoms with E-state index >= 15 is 0 Å². The summed E-state index contributed by atoms with van der Waals surface area (Å²) in [5, 5.41) is 34.6. The van der Waals surface area contributed by atoms with E-state index in [9.17, 15) is 20.1 Å². The van der Waals surface area contributed by atoms with Crippen LogP contribution in [-0.2, 0) is 23.7 Å². The van der Waals surface area contributed by atoms with Gasteiger partial charge in [0, 0.05) is 25.0 Å². The number of rotatable bonds is 4. The highest BCUT2D eigenvalue weighted by molar-refractivity contribution is 5.85. The fourth-order valence-electron chi connectivity index (χ4n) is 10.1. The van der Waals surface area contributed by atoms with Crippen LogP contribution in [0.15, 0.2) is 11.6 Å². The number of aliphatic hydroxyl groups excluding tert-OH is 2. The number of methoxy groups -OCH3 is 1. The lowest BCUT2D eigenvalue weighted by atomic mass is 9.42. The highest BCUT2D eigenvalue weighted by Crippen LogP contribution is 2.70. The molecule has 1 unspecified atom stereocenters. The van der Waals surface area contributed by atoms with Crippen LogP contribution < -0.4 is 0 Å². The molecule has 13 atom stereocenters. The predicted molar refractivity (Wildman–Crippen MR) is 138 cm³/mol. The van der Waals surface area contributed by atoms with Crippen molar-refractivity contribution in [2.45, 2.75) is 121 Å². The SMILES string of the molecule is CO[C@@H]1C(C)O[C@@H](O[C@H]2CC[C@@]3(C)[C@H](CC[C@@H]4[C@@H]3C[C@@H](O)[C@]3(C)[C@@H](C5=CC(=O)OC5)CC[C@]43O)C2)C[C@H]1O. The molecule has 2 aliphatic heterocycles. The van der Waals surface area contributed by atoms with E-state index in [1.807, 2.05) is 6.92 Å². The van der Waals surface area contributed by atoms with Crippen LogP contribution >= 0.6 is 0 Å². The van der Waals surface area contributed by atoms with Crippen molar-refractivity contribution in [2.75, 3.05) is 13.7 Å². The van der Waals surface area contributed by atoms with E-state index in [1.54, 1.807) is 13.2 Å². The molecule has 4 aliphatic carbocycles. The average Bonchev–Trinajstić information content (AvgIpc) is 3.41. The van der Waals surface area contributed by atoms with Crippen LogP contribution in [-0.4, -0.2) is 77.4 Å². The van der Waals surface area contributed by atoms with Crippen LogP contribution in [0.4, 0.5) is 0 Å². The van der Waals surface area contributed by atoms with Gasteiger partial charge < -0.3 is 34.3 Å². The van der Waals surface area contributed by atoms with Crippen LogP contribution in [0.5, 0.6) is 0 Å². The summed E-state index contributed by atoms with van der Waals surface area (Å²) in [5.41, 5.74) is -0.655. The fraction of sp³-hybridized carbons (Fsp3) is 0.900. The number of esters is 1. The molecule has 0 aromatic heterocycles. The molecule has 6 rings (SSSR count). The second-order valence-electron chi connectivity index (χ2n) is 13.7. The molecule has 8 heteroatoms. The van der Waals surface area contributed by atoms with E-state index in [2.05, 4.69) is 13.8 Å². The maximum Gasteiger partial charge on any atom is 0.331 e. The summed E-state index contributed by atoms with van der Waals surface area (Å²) < 4.78 is 23.1. The van der Waals surface area contributed by atoms with E-state index in [-0.39, 0.29) is 54.1 Å². The molecule has 0 amide bonds. The van der Waals surface area contributed by atoms with Crippen LogP contribution in [0.1, 0.15) is 78.6 Å². The smallest absolute Gasteiger partial charge is 0.331 e. The van der Waals surface area contributed by atoms with Crippen molar-refractivity contribution in [3.05, 3.63) is 11.6 Å². The van der Waals surface area contributed by atoms with Crippen molar-refractivity contribution in [1.29, 1.82) is 0 Å². The van der Waals surface area contributed by atoms with Gasteiger partial charge in [-0.1, -0.05) is 13.8 Å². The number of cyclic esters (lactones) is 1. The topological polar surface area (TPSA) is 115 Å². The minimum Gasteiger partial charge on any atom is -0.458 e. The highest BCUT2D eigenvalue weighted by atomic mass is 16.7. The normalized spacial score (nSPS) is 54.5. The van der Waals surface area contributed by atoms with Crippen LogP contribution in [0.3, 0.4) is 0 Å². The zero-order valence-electron chi connectivity index (χ0n) is 23.3. The summed E-state index contributed by atoms with van der Waals surface area (Å²) in [4.78, 5) is 11.8. The van der Waals surface area contributed by atoms with Crippen molar-refractivity contribution in [3.63, 3.8) is 0 Å². The van der Waals surface area contributed by atoms with E-state index in [4.69, 9.17) is 18.9 Å². The first-order valence-corrected chi connectivity index (χ1v) is 14.8. The highest BCUT2D eigenvalue weighted by Gasteiger charge is 2.70. The van der Waals surface area contributed by atoms with E-state index < -0.39 is 29.5 Å². The van der Waals surface area contributed by atoms with Crippen molar-refractivity contribution >= 4 is 5.97 Å². The molecule has 0 aromatic carbocycles. The Labute approximate surface area is 226 Å². The van der Waals surface area contributed by atoms with Crippen molar-refractivity contribution in [3.8, 4) is 0 Å². The average molecular weight is 535 g/mol. The Morgan fingerprint density at radius 3 is 2.50 bits per heavy atom. The number of fused-ring (bicyclic) bond motifs is 5. The van der Waals surface area contributed by atoms with Crippen molar-refractivity contribution < 1.29 is 39.1 Å². The quantitative estimate of drug-likeness (QED) is 0.372. The third-order valence-corrected chi connectivity index (χ3v) is 12.3. The Bertz CT molecular complexity index is 956. The zero-order valence-corrected chi connectivity index (χ0v) is 23.3. The van der Waals surface area contributed by atoms with Gasteiger partial charge in [-0.2, -0.15) is 0 Å². The van der Waals surface area contributed by atoms with E-state index in [1.165, 1.54) is 0 Å². The van der Waals surface area contributed by atoms with Crippen LogP contribution in [0, 0.1) is 34.5 Å². The predicted octanol–water partition coefficient (Wildman–Crippen LogP) is 3.11. The molecule has 3 N–H and O–H groups in total. The lowest BCUT2D eigenvalue weighted by molar-refractivity contribution is -0.277. The molecule has 214 valence electrons. The van der Waals surface area contributed by atoms with Gasteiger partial charge in [0.05, 0.1) is 30.0 Å². The third kappa shape index (κ3) is 3.88. The van der Waals surface area contributed by atoms with Crippen LogP contribution in [0.2, 0.25) is 0 Å². The Morgan fingerprint density at radius 1 is 1.03 bits per heavy atom. The van der Waals surface area contributed by atoms with Gasteiger partial charge in [0.25, 0.3) is 0 Å². The summed E-state index contributed by atoms with van der Waals surface area (Å²) >= 11 is 0. The molecule has 0 aromatic rings. The Balaban J connectivity index is 1.17. The third-order valence-electron chi connectivity index (χ3n) is 12.3. The second-order valence-corrected chi connectivity index (χ2v) is 13.7. The maximum absolute atomic E-state index is 12.4. The van der Waals surface area contributed by atoms with Gasteiger partial charge in [-0.15, -0.1) is 0 Å². The summed E-state index contributed by atoms with van der Waals surface area (Å²) in [7, 11) is 1.60. The lowest BCUT2D eigenvalue weighted by Gasteiger charge is -2.65. The van der Waals surface area contributed by atoms with Crippen molar-refractivity contribution in [1.82, 2.24) is 0 Å². The first kappa shape index (κ1) is 27.2. The molecular weight excluding hydrogens is 488 g/mol. The number of ether oxygens (including phenoxy) is 4. The lowest BCUT2D eigenvalue weighted by Crippen LogP contribution is -2.67. The number of hydrogen-bond acceptors (Lipinski definition) is 8. The minimum absolute atomic E-state index is 0.0319. The number of hydrogen-bond donors (Lipinski definition) is 3. The van der Waals surface area contributed by atoms with Gasteiger partial charge in [0.2, 0.25) is 0 Å². The van der Waals surface area contributed by atoms with Gasteiger partial charge in [0.15, 0.2) is 6.29 Å². The molecule has 38 heavy (non-hydrogen) atoms. The Morgan fingerprint density at radius 2 is 1.82 bits per heavy atom. The summed E-state index contributed by atoms with van der Waals surface area (Å²) in [6.45, 7) is 6.64. The first-order chi connectivity index (χ1) is 18.0. The molecule has 0 radical (unpaired) electrons. The summed E-state index contributed by atoms with van der Waals surface area (Å²) in [6, 6.07) is 0. The van der Waals surface area contributed by atoms with Gasteiger partial charge in [-0.3, -0.25) is 0 Å². The Kier molecular flexibility index (Phi) is 6.80. The first-order valence-electron chi connectivity index (χ1n) is 14.8. The largest absolute Gasteiger partial charge is 0.458 e. The van der Waals surface area contributed by atoms with Crippen LogP contribution in [0.25, 0.3) is 0 Å². The molecular formula is C30H46O8. The van der Waals surface area contributed by atoms with Gasteiger partial charge in [-0.25, -0.2) is 4.79 Å². The minimum atomic E-state index is -0.950. The standard InChI is InChI=1S/C30H46O8/c1-16-27(35-4)23(31)14-26(37-16)38-19-7-9-28(2)18(12-19)5-6-21-22(28)13-24(32)29(3)20(8-10-30(21,29)34)17-11-25(33)36-15-17/h11,16,18-24,26-27,31-32,34H,5-10,12-15H2,1-4H3/t16?,18-,19+,20-,21-,22+,23-,24-,26+,27-,28+,29+,30+/m1/s1. The summed E-state index contributed by atoms with van der Waals surface area (Å²) in [5.74, 6) is 0.508. The van der Waals surface area contributed by atoms with E-state index in [0.29, 0.717) is 25.2 Å². The monoisotopic (exact) mass is 534 g/mol. The molecule has 8 nitrogen and oxygen atoms in total. The molecule has 4 saturated carbocycles. The Hall–Kier alpha value is -1.03. The molecule has 6 aliphatic rings. The molecule has 5 fully saturated rings. The zero-order chi connectivity index (χ0) is 27.0. The molecule has 0 spiro atoms. The molecule has 1 saturated heterocycles. The number of carbonyl (C=O) groups excluding carboxylic acids is 1. The van der Waals surface area contributed by atoms with Gasteiger partial charge >= 0.3 is 5.97 Å². The molecule has 0 bridgehead atoms. The van der Waals surface area contributed by atoms with Gasteiger partial charge in [0.1, 0.15) is 12.7 Å². The number of carbonyl (C=O) groups is 1. The fourth-order valence-corrected chi connectivity index (χ4v) is 10.1. The second kappa shape index (κ2) is 9.52.